The molecule has 0 amide bonds. The summed E-state index contributed by atoms with van der Waals surface area (Å²) in [5, 5.41) is 0. The maximum Gasteiger partial charge on any atom is 0.305 e. The highest BCUT2D eigenvalue weighted by atomic mass is 16.5. The number of carbonyl (C=O) groups is 1. The van der Waals surface area contributed by atoms with Gasteiger partial charge in [0.1, 0.15) is 0 Å². The van der Waals surface area contributed by atoms with Crippen LogP contribution in [-0.4, -0.2) is 25.7 Å². The molecule has 16 heavy (non-hydrogen) atoms. The van der Waals surface area contributed by atoms with E-state index in [-0.39, 0.29) is 5.97 Å². The zero-order valence-corrected chi connectivity index (χ0v) is 9.61. The summed E-state index contributed by atoms with van der Waals surface area (Å²) in [6.07, 6.45) is 1.26. The molecule has 0 atom stereocenters. The van der Waals surface area contributed by atoms with Gasteiger partial charge < -0.3 is 9.64 Å². The van der Waals surface area contributed by atoms with E-state index >= 15 is 0 Å². The van der Waals surface area contributed by atoms with E-state index in [0.717, 1.165) is 19.5 Å². The number of esters is 1. The first-order valence-corrected chi connectivity index (χ1v) is 5.79. The average molecular weight is 219 g/mol. The average Bonchev–Trinajstić information content (AvgIpc) is 3.13. The lowest BCUT2D eigenvalue weighted by Gasteiger charge is -2.10. The van der Waals surface area contributed by atoms with Gasteiger partial charge in [-0.15, -0.1) is 0 Å². The molecule has 0 saturated carbocycles. The molecule has 3 heteroatoms. The fourth-order valence-corrected chi connectivity index (χ4v) is 1.70. The minimum absolute atomic E-state index is 0.121. The lowest BCUT2D eigenvalue weighted by molar-refractivity contribution is -0.143. The molecular formula is C13H17NO2. The van der Waals surface area contributed by atoms with E-state index in [1.54, 1.807) is 0 Å². The number of carbonyl (C=O) groups excluding carboxylic acids is 1. The van der Waals surface area contributed by atoms with Crippen molar-refractivity contribution >= 4 is 11.7 Å². The summed E-state index contributed by atoms with van der Waals surface area (Å²) in [5.41, 5.74) is 2.55. The second-order valence-electron chi connectivity index (χ2n) is 3.94. The van der Waals surface area contributed by atoms with Crippen molar-refractivity contribution in [1.29, 1.82) is 0 Å². The molecule has 0 bridgehead atoms. The molecule has 1 aliphatic rings. The molecule has 0 aromatic heterocycles. The molecule has 1 fully saturated rings. The molecule has 0 aliphatic carbocycles. The SMILES string of the molecule is CCC(=O)OCCc1ccccc1N1CC1. The van der Waals surface area contributed by atoms with E-state index in [4.69, 9.17) is 4.74 Å². The van der Waals surface area contributed by atoms with Crippen LogP contribution in [0.3, 0.4) is 0 Å². The molecule has 1 saturated heterocycles. The zero-order valence-electron chi connectivity index (χ0n) is 9.61. The van der Waals surface area contributed by atoms with E-state index in [2.05, 4.69) is 23.1 Å². The van der Waals surface area contributed by atoms with Crippen molar-refractivity contribution in [2.45, 2.75) is 19.8 Å². The van der Waals surface area contributed by atoms with Crippen molar-refractivity contribution in [3.8, 4) is 0 Å². The van der Waals surface area contributed by atoms with Crippen molar-refractivity contribution < 1.29 is 9.53 Å². The molecule has 1 aromatic carbocycles. The van der Waals surface area contributed by atoms with Gasteiger partial charge in [-0.2, -0.15) is 0 Å². The van der Waals surface area contributed by atoms with Gasteiger partial charge in [-0.1, -0.05) is 25.1 Å². The van der Waals surface area contributed by atoms with Gasteiger partial charge in [0.05, 0.1) is 6.61 Å². The Morgan fingerprint density at radius 1 is 1.38 bits per heavy atom. The first-order valence-electron chi connectivity index (χ1n) is 5.79. The number of para-hydroxylation sites is 1. The summed E-state index contributed by atoms with van der Waals surface area (Å²) >= 11 is 0. The number of rotatable bonds is 5. The van der Waals surface area contributed by atoms with Crippen LogP contribution >= 0.6 is 0 Å². The van der Waals surface area contributed by atoms with Crippen molar-refractivity contribution in [2.24, 2.45) is 0 Å². The van der Waals surface area contributed by atoms with Crippen LogP contribution in [-0.2, 0) is 16.0 Å². The Kier molecular flexibility index (Phi) is 3.44. The molecular weight excluding hydrogens is 202 g/mol. The normalized spacial score (nSPS) is 13.7. The van der Waals surface area contributed by atoms with E-state index in [1.807, 2.05) is 13.0 Å². The van der Waals surface area contributed by atoms with E-state index in [9.17, 15) is 4.79 Å². The molecule has 1 heterocycles. The smallest absolute Gasteiger partial charge is 0.305 e. The molecule has 2 rings (SSSR count). The quantitative estimate of drug-likeness (QED) is 0.560. The third kappa shape index (κ3) is 2.75. The van der Waals surface area contributed by atoms with Crippen molar-refractivity contribution in [3.63, 3.8) is 0 Å². The Balaban J connectivity index is 1.90. The number of benzene rings is 1. The summed E-state index contributed by atoms with van der Waals surface area (Å²) in [6, 6.07) is 8.32. The summed E-state index contributed by atoms with van der Waals surface area (Å²) in [5.74, 6) is -0.121. The number of nitrogens with zero attached hydrogens (tertiary/aromatic N) is 1. The van der Waals surface area contributed by atoms with Crippen LogP contribution in [0.25, 0.3) is 0 Å². The molecule has 0 spiro atoms. The topological polar surface area (TPSA) is 29.3 Å². The first kappa shape index (κ1) is 11.0. The highest BCUT2D eigenvalue weighted by molar-refractivity contribution is 5.68. The second kappa shape index (κ2) is 5.01. The number of hydrogen-bond donors (Lipinski definition) is 0. The zero-order chi connectivity index (χ0) is 11.4. The van der Waals surface area contributed by atoms with E-state index in [0.29, 0.717) is 13.0 Å². The molecule has 0 unspecified atom stereocenters. The molecule has 3 nitrogen and oxygen atoms in total. The summed E-state index contributed by atoms with van der Waals surface area (Å²) in [4.78, 5) is 13.3. The highest BCUT2D eigenvalue weighted by Crippen LogP contribution is 2.25. The number of anilines is 1. The first-order chi connectivity index (χ1) is 7.81. The van der Waals surface area contributed by atoms with Gasteiger partial charge >= 0.3 is 5.97 Å². The Hall–Kier alpha value is -1.51. The van der Waals surface area contributed by atoms with Gasteiger partial charge in [-0.25, -0.2) is 0 Å². The lowest BCUT2D eigenvalue weighted by Crippen LogP contribution is -2.07. The number of ether oxygens (including phenoxy) is 1. The maximum atomic E-state index is 11.0. The standard InChI is InChI=1S/C13H17NO2/c1-2-13(15)16-10-7-11-5-3-4-6-12(11)14-8-9-14/h3-6H,2,7-10H2,1H3. The summed E-state index contributed by atoms with van der Waals surface area (Å²) in [7, 11) is 0. The van der Waals surface area contributed by atoms with Crippen molar-refractivity contribution in [3.05, 3.63) is 29.8 Å². The van der Waals surface area contributed by atoms with Crippen LogP contribution in [0.5, 0.6) is 0 Å². The van der Waals surface area contributed by atoms with E-state index < -0.39 is 0 Å². The van der Waals surface area contributed by atoms with Crippen LogP contribution in [0.2, 0.25) is 0 Å². The highest BCUT2D eigenvalue weighted by Gasteiger charge is 2.20. The van der Waals surface area contributed by atoms with Crippen molar-refractivity contribution in [1.82, 2.24) is 0 Å². The Morgan fingerprint density at radius 2 is 2.12 bits per heavy atom. The minimum atomic E-state index is -0.121. The van der Waals surface area contributed by atoms with Gasteiger partial charge in [0.25, 0.3) is 0 Å². The third-order valence-corrected chi connectivity index (χ3v) is 2.70. The molecule has 1 aliphatic heterocycles. The molecule has 0 N–H and O–H groups in total. The Bertz CT molecular complexity index is 372. The predicted molar refractivity (Wildman–Crippen MR) is 63.6 cm³/mol. The summed E-state index contributed by atoms with van der Waals surface area (Å²) in [6.45, 7) is 4.58. The molecule has 0 radical (unpaired) electrons. The maximum absolute atomic E-state index is 11.0. The molecule has 86 valence electrons. The third-order valence-electron chi connectivity index (χ3n) is 2.70. The van der Waals surface area contributed by atoms with Crippen LogP contribution in [0.4, 0.5) is 5.69 Å². The van der Waals surface area contributed by atoms with Gasteiger partial charge in [-0.05, 0) is 11.6 Å². The van der Waals surface area contributed by atoms with Gasteiger partial charge in [0.2, 0.25) is 0 Å². The van der Waals surface area contributed by atoms with Crippen LogP contribution in [0.15, 0.2) is 24.3 Å². The van der Waals surface area contributed by atoms with Crippen LogP contribution < -0.4 is 4.90 Å². The fraction of sp³-hybridized carbons (Fsp3) is 0.462. The second-order valence-corrected chi connectivity index (χ2v) is 3.94. The van der Waals surface area contributed by atoms with E-state index in [1.165, 1.54) is 11.3 Å². The monoisotopic (exact) mass is 219 g/mol. The largest absolute Gasteiger partial charge is 0.465 e. The fourth-order valence-electron chi connectivity index (χ4n) is 1.70. The van der Waals surface area contributed by atoms with Gasteiger partial charge in [-0.3, -0.25) is 4.79 Å². The van der Waals surface area contributed by atoms with Crippen LogP contribution in [0, 0.1) is 0 Å². The van der Waals surface area contributed by atoms with Crippen LogP contribution in [0.1, 0.15) is 18.9 Å². The molecule has 1 aromatic rings. The minimum Gasteiger partial charge on any atom is -0.465 e. The van der Waals surface area contributed by atoms with Gasteiger partial charge in [0.15, 0.2) is 0 Å². The predicted octanol–water partition coefficient (Wildman–Crippen LogP) is 2.00. The Labute approximate surface area is 96.0 Å². The van der Waals surface area contributed by atoms with Gasteiger partial charge in [0, 0.05) is 31.6 Å². The lowest BCUT2D eigenvalue weighted by atomic mass is 10.1. The van der Waals surface area contributed by atoms with Crippen molar-refractivity contribution in [2.75, 3.05) is 24.6 Å². The Morgan fingerprint density at radius 3 is 2.81 bits per heavy atom. The summed E-state index contributed by atoms with van der Waals surface area (Å²) < 4.78 is 5.09. The number of hydrogen-bond acceptors (Lipinski definition) is 3.